The van der Waals surface area contributed by atoms with E-state index < -0.39 is 0 Å². The summed E-state index contributed by atoms with van der Waals surface area (Å²) in [4.78, 5) is 16.3. The quantitative estimate of drug-likeness (QED) is 0.816. The van der Waals surface area contributed by atoms with Gasteiger partial charge in [-0.1, -0.05) is 23.7 Å². The van der Waals surface area contributed by atoms with Crippen molar-refractivity contribution in [3.8, 4) is 5.75 Å². The van der Waals surface area contributed by atoms with Crippen LogP contribution in [0.15, 0.2) is 42.5 Å². The summed E-state index contributed by atoms with van der Waals surface area (Å²) in [6, 6.07) is 12.1. The number of anilines is 2. The van der Waals surface area contributed by atoms with Crippen molar-refractivity contribution in [2.24, 2.45) is 0 Å². The molecular formula is C20H23ClFN3O2. The van der Waals surface area contributed by atoms with Gasteiger partial charge in [-0.05, 0) is 30.3 Å². The summed E-state index contributed by atoms with van der Waals surface area (Å²) in [6.07, 6.45) is 0.370. The Morgan fingerprint density at radius 3 is 2.63 bits per heavy atom. The molecule has 0 aliphatic carbocycles. The molecule has 0 aromatic heterocycles. The molecule has 5 nitrogen and oxygen atoms in total. The molecule has 1 heterocycles. The second-order valence-electron chi connectivity index (χ2n) is 6.34. The number of rotatable bonds is 6. The van der Waals surface area contributed by atoms with Crippen molar-refractivity contribution in [2.45, 2.75) is 6.42 Å². The molecule has 0 radical (unpaired) electrons. The molecule has 2 aromatic rings. The average Bonchev–Trinajstić information content (AvgIpc) is 2.68. The zero-order chi connectivity index (χ0) is 19.2. The van der Waals surface area contributed by atoms with Gasteiger partial charge in [0, 0.05) is 44.2 Å². The predicted molar refractivity (Wildman–Crippen MR) is 106 cm³/mol. The van der Waals surface area contributed by atoms with Gasteiger partial charge in [0.25, 0.3) is 0 Å². The highest BCUT2D eigenvalue weighted by atomic mass is 35.5. The fourth-order valence-electron chi connectivity index (χ4n) is 3.19. The highest BCUT2D eigenvalue weighted by Gasteiger charge is 2.22. The summed E-state index contributed by atoms with van der Waals surface area (Å²) in [5, 5.41) is 3.81. The minimum absolute atomic E-state index is 0.0803. The van der Waals surface area contributed by atoms with E-state index in [1.807, 2.05) is 15.9 Å². The van der Waals surface area contributed by atoms with Crippen LogP contribution in [0.2, 0.25) is 5.02 Å². The lowest BCUT2D eigenvalue weighted by molar-refractivity contribution is -0.131. The molecule has 1 N–H and O–H groups in total. The fourth-order valence-corrected chi connectivity index (χ4v) is 3.36. The Kier molecular flexibility index (Phi) is 6.40. The monoisotopic (exact) mass is 391 g/mol. The lowest BCUT2D eigenvalue weighted by atomic mass is 10.2. The van der Waals surface area contributed by atoms with Gasteiger partial charge in [-0.25, -0.2) is 4.39 Å². The summed E-state index contributed by atoms with van der Waals surface area (Å²) in [6.45, 7) is 2.93. The zero-order valence-electron chi connectivity index (χ0n) is 15.3. The number of para-hydroxylation sites is 1. The van der Waals surface area contributed by atoms with Crippen LogP contribution in [0, 0.1) is 5.82 Å². The Morgan fingerprint density at radius 1 is 1.19 bits per heavy atom. The Hall–Kier alpha value is -2.47. The average molecular weight is 392 g/mol. The molecule has 1 fully saturated rings. The van der Waals surface area contributed by atoms with Crippen LogP contribution in [-0.2, 0) is 4.79 Å². The first-order valence-electron chi connectivity index (χ1n) is 8.93. The number of nitrogens with zero attached hydrogens (tertiary/aromatic N) is 2. The SMILES string of the molecule is COc1ccc(Cl)cc1NCCC(=O)N1CCN(c2ccccc2F)CC1. The van der Waals surface area contributed by atoms with Crippen LogP contribution in [0.1, 0.15) is 6.42 Å². The molecule has 144 valence electrons. The Bertz CT molecular complexity index is 795. The molecule has 0 saturated carbocycles. The summed E-state index contributed by atoms with van der Waals surface area (Å²) < 4.78 is 19.2. The van der Waals surface area contributed by atoms with Gasteiger partial charge in [0.05, 0.1) is 18.5 Å². The lowest BCUT2D eigenvalue weighted by Gasteiger charge is -2.36. The molecule has 27 heavy (non-hydrogen) atoms. The van der Waals surface area contributed by atoms with E-state index in [0.717, 1.165) is 5.69 Å². The number of ether oxygens (including phenoxy) is 1. The largest absolute Gasteiger partial charge is 0.495 e. The molecule has 3 rings (SSSR count). The first-order valence-corrected chi connectivity index (χ1v) is 9.31. The van der Waals surface area contributed by atoms with E-state index in [-0.39, 0.29) is 11.7 Å². The third-order valence-electron chi connectivity index (χ3n) is 4.64. The maximum atomic E-state index is 13.9. The highest BCUT2D eigenvalue weighted by molar-refractivity contribution is 6.30. The van der Waals surface area contributed by atoms with Gasteiger partial charge in [0.2, 0.25) is 5.91 Å². The third-order valence-corrected chi connectivity index (χ3v) is 4.88. The standard InChI is InChI=1S/C20H23ClFN3O2/c1-27-19-7-6-15(21)14-17(19)23-9-8-20(26)25-12-10-24(11-13-25)18-5-3-2-4-16(18)22/h2-7,14,23H,8-13H2,1H3. The molecule has 0 spiro atoms. The Morgan fingerprint density at radius 2 is 1.93 bits per heavy atom. The summed E-state index contributed by atoms with van der Waals surface area (Å²) in [5.41, 5.74) is 1.36. The Labute approximate surface area is 163 Å². The Balaban J connectivity index is 1.48. The summed E-state index contributed by atoms with van der Waals surface area (Å²) in [7, 11) is 1.59. The smallest absolute Gasteiger partial charge is 0.224 e. The number of carbonyl (C=O) groups excluding carboxylic acids is 1. The molecule has 0 atom stereocenters. The van der Waals surface area contributed by atoms with Gasteiger partial charge in [-0.3, -0.25) is 4.79 Å². The molecule has 7 heteroatoms. The summed E-state index contributed by atoms with van der Waals surface area (Å²) >= 11 is 6.01. The van der Waals surface area contributed by atoms with Crippen LogP contribution >= 0.6 is 11.6 Å². The number of amides is 1. The number of nitrogens with one attached hydrogen (secondary N) is 1. The van der Waals surface area contributed by atoms with Crippen LogP contribution in [0.5, 0.6) is 5.75 Å². The topological polar surface area (TPSA) is 44.8 Å². The number of hydrogen-bond donors (Lipinski definition) is 1. The maximum absolute atomic E-state index is 13.9. The fraction of sp³-hybridized carbons (Fsp3) is 0.350. The van der Waals surface area contributed by atoms with Crippen molar-refractivity contribution in [1.29, 1.82) is 0 Å². The van der Waals surface area contributed by atoms with E-state index >= 15 is 0 Å². The molecule has 1 aliphatic rings. The van der Waals surface area contributed by atoms with Gasteiger partial charge in [0.15, 0.2) is 0 Å². The minimum atomic E-state index is -0.225. The van der Waals surface area contributed by atoms with Crippen molar-refractivity contribution in [3.63, 3.8) is 0 Å². The van der Waals surface area contributed by atoms with Crippen LogP contribution in [0.4, 0.5) is 15.8 Å². The second kappa shape index (κ2) is 8.95. The third kappa shape index (κ3) is 4.83. The molecule has 2 aromatic carbocycles. The van der Waals surface area contributed by atoms with Gasteiger partial charge in [0.1, 0.15) is 11.6 Å². The molecule has 1 amide bonds. The van der Waals surface area contributed by atoms with E-state index in [4.69, 9.17) is 16.3 Å². The highest BCUT2D eigenvalue weighted by Crippen LogP contribution is 2.27. The molecular weight excluding hydrogens is 369 g/mol. The van der Waals surface area contributed by atoms with E-state index in [0.29, 0.717) is 55.6 Å². The van der Waals surface area contributed by atoms with E-state index in [9.17, 15) is 9.18 Å². The van der Waals surface area contributed by atoms with Crippen LogP contribution < -0.4 is 15.0 Å². The van der Waals surface area contributed by atoms with Crippen LogP contribution in [0.3, 0.4) is 0 Å². The maximum Gasteiger partial charge on any atom is 0.224 e. The van der Waals surface area contributed by atoms with Gasteiger partial charge < -0.3 is 19.9 Å². The first kappa shape index (κ1) is 19.3. The normalized spacial score (nSPS) is 14.2. The van der Waals surface area contributed by atoms with Gasteiger partial charge in [-0.2, -0.15) is 0 Å². The number of methoxy groups -OCH3 is 1. The molecule has 1 aliphatic heterocycles. The zero-order valence-corrected chi connectivity index (χ0v) is 16.0. The number of piperazine rings is 1. The van der Waals surface area contributed by atoms with Crippen LogP contribution in [-0.4, -0.2) is 50.6 Å². The molecule has 0 unspecified atom stereocenters. The second-order valence-corrected chi connectivity index (χ2v) is 6.78. The van der Waals surface area contributed by atoms with Crippen molar-refractivity contribution < 1.29 is 13.9 Å². The van der Waals surface area contributed by atoms with Crippen molar-refractivity contribution in [1.82, 2.24) is 4.90 Å². The number of carbonyl (C=O) groups is 1. The van der Waals surface area contributed by atoms with E-state index in [1.54, 1.807) is 37.4 Å². The summed E-state index contributed by atoms with van der Waals surface area (Å²) in [5.74, 6) is 0.541. The molecule has 1 saturated heterocycles. The van der Waals surface area contributed by atoms with Crippen molar-refractivity contribution in [3.05, 3.63) is 53.3 Å². The van der Waals surface area contributed by atoms with Gasteiger partial charge >= 0.3 is 0 Å². The van der Waals surface area contributed by atoms with E-state index in [1.165, 1.54) is 6.07 Å². The van der Waals surface area contributed by atoms with Crippen molar-refractivity contribution in [2.75, 3.05) is 50.1 Å². The first-order chi connectivity index (χ1) is 13.1. The minimum Gasteiger partial charge on any atom is -0.495 e. The van der Waals surface area contributed by atoms with E-state index in [2.05, 4.69) is 5.32 Å². The number of hydrogen-bond acceptors (Lipinski definition) is 4. The molecule has 0 bridgehead atoms. The van der Waals surface area contributed by atoms with Gasteiger partial charge in [-0.15, -0.1) is 0 Å². The predicted octanol–water partition coefficient (Wildman–Crippen LogP) is 3.64. The van der Waals surface area contributed by atoms with Crippen LogP contribution in [0.25, 0.3) is 0 Å². The van der Waals surface area contributed by atoms with Crippen molar-refractivity contribution >= 4 is 28.9 Å². The number of benzene rings is 2. The number of halogens is 2. The lowest BCUT2D eigenvalue weighted by Crippen LogP contribution is -2.49.